The van der Waals surface area contributed by atoms with E-state index < -0.39 is 23.2 Å². The normalized spacial score (nSPS) is 14.9. The second-order valence-corrected chi connectivity index (χ2v) is 10.2. The Morgan fingerprint density at radius 1 is 1.08 bits per heavy atom. The molecule has 38 heavy (non-hydrogen) atoms. The summed E-state index contributed by atoms with van der Waals surface area (Å²) in [7, 11) is 1.52. The number of methoxy groups -OCH3 is 1. The smallest absolute Gasteiger partial charge is 0.297 e. The third-order valence-corrected chi connectivity index (χ3v) is 7.66. The molecule has 2 aromatic heterocycles. The van der Waals surface area contributed by atoms with Crippen LogP contribution in [0.2, 0.25) is 0 Å². The van der Waals surface area contributed by atoms with Gasteiger partial charge in [-0.05, 0) is 73.9 Å². The van der Waals surface area contributed by atoms with Crippen LogP contribution < -0.4 is 19.8 Å². The lowest BCUT2D eigenvalue weighted by Crippen LogP contribution is -2.29. The fourth-order valence-corrected chi connectivity index (χ4v) is 6.22. The monoisotopic (exact) mass is 530 g/mol. The number of amides is 1. The topological polar surface area (TPSA) is 81.9 Å². The molecule has 0 radical (unpaired) electrons. The molecule has 5 aromatic rings. The van der Waals surface area contributed by atoms with Crippen molar-refractivity contribution in [2.75, 3.05) is 18.6 Å². The molecule has 0 fully saturated rings. The van der Waals surface area contributed by atoms with Gasteiger partial charge in [-0.25, -0.2) is 9.37 Å². The Morgan fingerprint density at radius 2 is 1.89 bits per heavy atom. The van der Waals surface area contributed by atoms with Crippen molar-refractivity contribution in [3.63, 3.8) is 0 Å². The lowest BCUT2D eigenvalue weighted by molar-refractivity contribution is 0.0971. The van der Waals surface area contributed by atoms with Crippen molar-refractivity contribution in [3.8, 4) is 11.5 Å². The van der Waals surface area contributed by atoms with Gasteiger partial charge < -0.3 is 13.9 Å². The van der Waals surface area contributed by atoms with Gasteiger partial charge in [-0.2, -0.15) is 0 Å². The lowest BCUT2D eigenvalue weighted by Gasteiger charge is -2.23. The Hall–Kier alpha value is -4.24. The first kappa shape index (κ1) is 24.1. The molecule has 192 valence electrons. The maximum absolute atomic E-state index is 14.1. The highest BCUT2D eigenvalue weighted by molar-refractivity contribution is 7.22. The van der Waals surface area contributed by atoms with Crippen LogP contribution in [0.4, 0.5) is 9.52 Å². The van der Waals surface area contributed by atoms with Gasteiger partial charge in [-0.1, -0.05) is 23.5 Å². The van der Waals surface area contributed by atoms with Gasteiger partial charge in [-0.15, -0.1) is 0 Å². The number of aromatic nitrogens is 1. The quantitative estimate of drug-likeness (QED) is 0.265. The summed E-state index contributed by atoms with van der Waals surface area (Å²) < 4.78 is 32.2. The van der Waals surface area contributed by atoms with Crippen LogP contribution in [-0.4, -0.2) is 24.6 Å². The van der Waals surface area contributed by atoms with E-state index >= 15 is 0 Å². The van der Waals surface area contributed by atoms with E-state index in [1.165, 1.54) is 35.5 Å². The van der Waals surface area contributed by atoms with Gasteiger partial charge in [0.05, 0.1) is 40.9 Å². The maximum atomic E-state index is 14.1. The fraction of sp³-hybridized carbons (Fsp3) is 0.207. The molecule has 7 nitrogen and oxygen atoms in total. The lowest BCUT2D eigenvalue weighted by atomic mass is 9.98. The third kappa shape index (κ3) is 3.65. The van der Waals surface area contributed by atoms with Crippen molar-refractivity contribution >= 4 is 43.6 Å². The zero-order chi connectivity index (χ0) is 26.7. The number of nitrogens with zero attached hydrogens (tertiary/aromatic N) is 2. The Bertz CT molecular complexity index is 1830. The summed E-state index contributed by atoms with van der Waals surface area (Å²) >= 11 is 1.36. The zero-order valence-electron chi connectivity index (χ0n) is 21.1. The van der Waals surface area contributed by atoms with E-state index in [9.17, 15) is 14.0 Å². The molecule has 0 N–H and O–H groups in total. The molecule has 0 aliphatic carbocycles. The van der Waals surface area contributed by atoms with E-state index in [4.69, 9.17) is 18.9 Å². The van der Waals surface area contributed by atoms with Crippen molar-refractivity contribution in [3.05, 3.63) is 92.6 Å². The Morgan fingerprint density at radius 3 is 2.66 bits per heavy atom. The van der Waals surface area contributed by atoms with Gasteiger partial charge in [0.2, 0.25) is 5.76 Å². The number of hydrogen-bond donors (Lipinski definition) is 0. The first-order valence-electron chi connectivity index (χ1n) is 12.1. The van der Waals surface area contributed by atoms with Crippen molar-refractivity contribution < 1.29 is 23.1 Å². The average Bonchev–Trinajstić information content (AvgIpc) is 3.44. The molecule has 1 atom stereocenters. The molecule has 0 bridgehead atoms. The van der Waals surface area contributed by atoms with Gasteiger partial charge in [-0.3, -0.25) is 14.5 Å². The average molecular weight is 531 g/mol. The number of carbonyl (C=O) groups is 1. The highest BCUT2D eigenvalue weighted by Gasteiger charge is 2.45. The molecule has 0 saturated carbocycles. The summed E-state index contributed by atoms with van der Waals surface area (Å²) in [6, 6.07) is 12.1. The van der Waals surface area contributed by atoms with E-state index in [0.717, 1.165) is 27.4 Å². The first-order chi connectivity index (χ1) is 18.3. The van der Waals surface area contributed by atoms with Crippen LogP contribution in [0.3, 0.4) is 0 Å². The zero-order valence-corrected chi connectivity index (χ0v) is 21.9. The van der Waals surface area contributed by atoms with Crippen LogP contribution in [0.15, 0.2) is 57.7 Å². The molecular formula is C29H23FN2O5S. The second-order valence-electron chi connectivity index (χ2n) is 9.16. The van der Waals surface area contributed by atoms with Crippen molar-refractivity contribution in [2.45, 2.75) is 26.8 Å². The number of benzene rings is 3. The number of rotatable bonds is 5. The van der Waals surface area contributed by atoms with Crippen LogP contribution in [0, 0.1) is 19.7 Å². The molecular weight excluding hydrogens is 507 g/mol. The largest absolute Gasteiger partial charge is 0.493 e. The van der Waals surface area contributed by atoms with Gasteiger partial charge >= 0.3 is 0 Å². The number of hydrogen-bond acceptors (Lipinski definition) is 7. The SMILES string of the molecule is CCOc1ccc([C@@H]2c3c(oc4ccc(F)cc4c3=O)C(=O)N2c2nc3c(C)cc(C)cc3s2)cc1OC. The predicted molar refractivity (Wildman–Crippen MR) is 144 cm³/mol. The number of carbonyl (C=O) groups excluding carboxylic acids is 1. The molecule has 9 heteroatoms. The number of thiazole rings is 1. The minimum absolute atomic E-state index is 0.0667. The maximum Gasteiger partial charge on any atom is 0.297 e. The summed E-state index contributed by atoms with van der Waals surface area (Å²) in [5, 5.41) is 0.495. The number of aryl methyl sites for hydroxylation is 2. The Kier molecular flexibility index (Phi) is 5.68. The highest BCUT2D eigenvalue weighted by Crippen LogP contribution is 2.45. The Balaban J connectivity index is 1.63. The van der Waals surface area contributed by atoms with Crippen molar-refractivity contribution in [2.24, 2.45) is 0 Å². The van der Waals surface area contributed by atoms with E-state index in [0.29, 0.717) is 28.8 Å². The minimum Gasteiger partial charge on any atom is -0.493 e. The Labute approximate surface area is 221 Å². The van der Waals surface area contributed by atoms with Crippen LogP contribution in [-0.2, 0) is 0 Å². The van der Waals surface area contributed by atoms with E-state index in [-0.39, 0.29) is 22.3 Å². The third-order valence-electron chi connectivity index (χ3n) is 6.66. The fourth-order valence-electron chi connectivity index (χ4n) is 5.05. The van der Waals surface area contributed by atoms with Gasteiger partial charge in [0.15, 0.2) is 22.1 Å². The molecule has 3 heterocycles. The molecule has 1 amide bonds. The van der Waals surface area contributed by atoms with Crippen molar-refractivity contribution in [1.82, 2.24) is 4.98 Å². The van der Waals surface area contributed by atoms with Crippen molar-refractivity contribution in [1.29, 1.82) is 0 Å². The number of halogens is 1. The number of anilines is 1. The van der Waals surface area contributed by atoms with E-state index in [1.807, 2.05) is 32.9 Å². The molecule has 1 aliphatic rings. The van der Waals surface area contributed by atoms with Gasteiger partial charge in [0.25, 0.3) is 5.91 Å². The van der Waals surface area contributed by atoms with Crippen LogP contribution in [0.25, 0.3) is 21.2 Å². The molecule has 0 saturated heterocycles. The predicted octanol–water partition coefficient (Wildman–Crippen LogP) is 6.32. The minimum atomic E-state index is -0.868. The van der Waals surface area contributed by atoms with Crippen LogP contribution in [0.5, 0.6) is 11.5 Å². The van der Waals surface area contributed by atoms with Gasteiger partial charge in [0, 0.05) is 0 Å². The molecule has 3 aromatic carbocycles. The van der Waals surface area contributed by atoms with Crippen LogP contribution in [0.1, 0.15) is 45.8 Å². The van der Waals surface area contributed by atoms with Gasteiger partial charge in [0.1, 0.15) is 11.4 Å². The summed E-state index contributed by atoms with van der Waals surface area (Å²) in [5.74, 6) is -0.151. The summed E-state index contributed by atoms with van der Waals surface area (Å²) in [5.41, 5.74) is 3.26. The second kappa shape index (κ2) is 8.95. The summed E-state index contributed by atoms with van der Waals surface area (Å²) in [6.07, 6.45) is 0. The molecule has 0 spiro atoms. The highest BCUT2D eigenvalue weighted by atomic mass is 32.1. The molecule has 0 unspecified atom stereocenters. The summed E-state index contributed by atoms with van der Waals surface area (Å²) in [4.78, 5) is 34.0. The molecule has 6 rings (SSSR count). The van der Waals surface area contributed by atoms with E-state index in [1.54, 1.807) is 18.2 Å². The standard InChI is InChI=1S/C29H23FN2O5S/c1-5-36-20-8-6-16(12-21(20)35-4)25-23-26(33)18-13-17(30)7-9-19(18)37-27(23)28(34)32(25)29-31-24-15(3)10-14(2)11-22(24)38-29/h6-13,25H,5H2,1-4H3/t25-/m1/s1. The van der Waals surface area contributed by atoms with Crippen LogP contribution >= 0.6 is 11.3 Å². The number of ether oxygens (including phenoxy) is 2. The first-order valence-corrected chi connectivity index (χ1v) is 12.9. The summed E-state index contributed by atoms with van der Waals surface area (Å²) in [6.45, 7) is 6.29. The van der Waals surface area contributed by atoms with E-state index in [2.05, 4.69) is 0 Å². The number of fused-ring (bicyclic) bond motifs is 3. The molecule has 1 aliphatic heterocycles.